The highest BCUT2D eigenvalue weighted by atomic mass is 32.1. The van der Waals surface area contributed by atoms with Gasteiger partial charge in [0.15, 0.2) is 12.1 Å². The smallest absolute Gasteiger partial charge is 0.355 e. The van der Waals surface area contributed by atoms with Crippen molar-refractivity contribution < 1.29 is 14.3 Å². The minimum atomic E-state index is -1.02. The molecular formula is C13H14N2O3S. The fraction of sp³-hybridized carbons (Fsp3) is 0.308. The summed E-state index contributed by atoms with van der Waals surface area (Å²) < 4.78 is 5.39. The van der Waals surface area contributed by atoms with Crippen molar-refractivity contribution in [3.8, 4) is 0 Å². The summed E-state index contributed by atoms with van der Waals surface area (Å²) in [4.78, 5) is 18.8. The van der Waals surface area contributed by atoms with Crippen molar-refractivity contribution in [2.75, 3.05) is 0 Å². The summed E-state index contributed by atoms with van der Waals surface area (Å²) in [5, 5.41) is 10.9. The van der Waals surface area contributed by atoms with Crippen molar-refractivity contribution in [1.82, 2.24) is 9.97 Å². The molecule has 0 spiro atoms. The first-order valence-corrected chi connectivity index (χ1v) is 6.57. The van der Waals surface area contributed by atoms with Crippen molar-refractivity contribution in [2.45, 2.75) is 26.2 Å². The Bertz CT molecular complexity index is 620. The highest BCUT2D eigenvalue weighted by Gasteiger charge is 2.21. The number of aromatic carboxylic acids is 1. The summed E-state index contributed by atoms with van der Waals surface area (Å²) in [6.45, 7) is 6.12. The molecule has 5 nitrogen and oxygen atoms in total. The number of oxazole rings is 1. The third-order valence-corrected chi connectivity index (χ3v) is 3.21. The topological polar surface area (TPSA) is 76.2 Å². The standard InChI is InChI=1S/C13H14N2O3S/c1-13(2,3)11-8(14-7-18-11)4-5-10-15-9(6-19-10)12(16)17/h4-7H,1-3H3,(H,16,17)/b5-4+. The zero-order valence-electron chi connectivity index (χ0n) is 10.9. The molecule has 0 saturated carbocycles. The Kier molecular flexibility index (Phi) is 3.53. The number of hydrogen-bond acceptors (Lipinski definition) is 5. The van der Waals surface area contributed by atoms with Gasteiger partial charge in [-0.3, -0.25) is 0 Å². The molecule has 0 unspecified atom stereocenters. The van der Waals surface area contributed by atoms with E-state index in [0.29, 0.717) is 5.01 Å². The van der Waals surface area contributed by atoms with E-state index in [9.17, 15) is 4.79 Å². The van der Waals surface area contributed by atoms with Crippen molar-refractivity contribution in [1.29, 1.82) is 0 Å². The minimum Gasteiger partial charge on any atom is -0.476 e. The van der Waals surface area contributed by atoms with Gasteiger partial charge in [0.05, 0.1) is 0 Å². The molecule has 19 heavy (non-hydrogen) atoms. The number of nitrogens with zero attached hydrogens (tertiary/aromatic N) is 2. The van der Waals surface area contributed by atoms with Crippen molar-refractivity contribution >= 4 is 29.5 Å². The lowest BCUT2D eigenvalue weighted by Gasteiger charge is -2.14. The molecule has 100 valence electrons. The van der Waals surface area contributed by atoms with Crippen LogP contribution >= 0.6 is 11.3 Å². The van der Waals surface area contributed by atoms with Gasteiger partial charge in [0, 0.05) is 10.8 Å². The van der Waals surface area contributed by atoms with Gasteiger partial charge in [-0.25, -0.2) is 14.8 Å². The Labute approximate surface area is 114 Å². The van der Waals surface area contributed by atoms with E-state index in [1.54, 1.807) is 12.2 Å². The molecule has 0 radical (unpaired) electrons. The van der Waals surface area contributed by atoms with Gasteiger partial charge in [0.2, 0.25) is 0 Å². The van der Waals surface area contributed by atoms with Crippen LogP contribution in [0.15, 0.2) is 16.2 Å². The maximum absolute atomic E-state index is 10.7. The number of thiazole rings is 1. The van der Waals surface area contributed by atoms with Crippen LogP contribution in [0.4, 0.5) is 0 Å². The van der Waals surface area contributed by atoms with E-state index >= 15 is 0 Å². The third-order valence-electron chi connectivity index (χ3n) is 2.40. The van der Waals surface area contributed by atoms with Crippen molar-refractivity contribution in [3.63, 3.8) is 0 Å². The van der Waals surface area contributed by atoms with Gasteiger partial charge in [0.25, 0.3) is 0 Å². The van der Waals surface area contributed by atoms with E-state index in [1.165, 1.54) is 23.1 Å². The largest absolute Gasteiger partial charge is 0.476 e. The lowest BCUT2D eigenvalue weighted by molar-refractivity contribution is 0.0691. The molecule has 0 fully saturated rings. The van der Waals surface area contributed by atoms with Gasteiger partial charge < -0.3 is 9.52 Å². The van der Waals surface area contributed by atoms with E-state index in [-0.39, 0.29) is 11.1 Å². The van der Waals surface area contributed by atoms with Gasteiger partial charge in [-0.15, -0.1) is 11.3 Å². The fourth-order valence-corrected chi connectivity index (χ4v) is 2.23. The highest BCUT2D eigenvalue weighted by molar-refractivity contribution is 7.10. The number of carboxylic acid groups (broad SMARTS) is 1. The molecule has 0 atom stereocenters. The Morgan fingerprint density at radius 3 is 2.74 bits per heavy atom. The molecule has 0 saturated heterocycles. The lowest BCUT2D eigenvalue weighted by Crippen LogP contribution is -2.11. The number of aromatic nitrogens is 2. The van der Waals surface area contributed by atoms with Gasteiger partial charge in [-0.2, -0.15) is 0 Å². The average molecular weight is 278 g/mol. The first kappa shape index (κ1) is 13.5. The first-order chi connectivity index (χ1) is 8.88. The first-order valence-electron chi connectivity index (χ1n) is 5.69. The summed E-state index contributed by atoms with van der Waals surface area (Å²) in [5.41, 5.74) is 0.658. The molecule has 0 aliphatic rings. The second-order valence-corrected chi connectivity index (χ2v) is 5.92. The van der Waals surface area contributed by atoms with Gasteiger partial charge in [0.1, 0.15) is 16.5 Å². The molecule has 0 bridgehead atoms. The molecule has 0 amide bonds. The normalized spacial score (nSPS) is 12.2. The predicted molar refractivity (Wildman–Crippen MR) is 73.2 cm³/mol. The van der Waals surface area contributed by atoms with Crippen LogP contribution < -0.4 is 0 Å². The quantitative estimate of drug-likeness (QED) is 0.932. The lowest BCUT2D eigenvalue weighted by atomic mass is 9.92. The van der Waals surface area contributed by atoms with Gasteiger partial charge in [-0.1, -0.05) is 20.8 Å². The van der Waals surface area contributed by atoms with E-state index in [4.69, 9.17) is 9.52 Å². The van der Waals surface area contributed by atoms with Crippen LogP contribution in [0.25, 0.3) is 12.2 Å². The molecule has 2 rings (SSSR count). The second-order valence-electron chi connectivity index (χ2n) is 5.03. The fourth-order valence-electron chi connectivity index (χ4n) is 1.55. The number of carbonyl (C=O) groups is 1. The van der Waals surface area contributed by atoms with Crippen LogP contribution in [0.1, 0.15) is 47.7 Å². The zero-order chi connectivity index (χ0) is 14.0. The van der Waals surface area contributed by atoms with Gasteiger partial charge in [-0.05, 0) is 12.2 Å². The molecule has 2 aromatic rings. The maximum Gasteiger partial charge on any atom is 0.355 e. The summed E-state index contributed by atoms with van der Waals surface area (Å²) in [6.07, 6.45) is 4.93. The van der Waals surface area contributed by atoms with Crippen LogP contribution in [0.2, 0.25) is 0 Å². The molecule has 2 aromatic heterocycles. The van der Waals surface area contributed by atoms with E-state index in [0.717, 1.165) is 11.5 Å². The summed E-state index contributed by atoms with van der Waals surface area (Å²) in [6, 6.07) is 0. The minimum absolute atomic E-state index is 0.0563. The summed E-state index contributed by atoms with van der Waals surface area (Å²) in [5.74, 6) is -0.230. The Morgan fingerprint density at radius 2 is 2.16 bits per heavy atom. The molecule has 2 heterocycles. The summed E-state index contributed by atoms with van der Waals surface area (Å²) in [7, 11) is 0. The molecule has 6 heteroatoms. The molecule has 0 aliphatic carbocycles. The molecule has 0 aliphatic heterocycles. The maximum atomic E-state index is 10.7. The Balaban J connectivity index is 2.23. The Hall–Kier alpha value is -1.95. The predicted octanol–water partition coefficient (Wildman–Crippen LogP) is 3.30. The van der Waals surface area contributed by atoms with Crippen LogP contribution in [-0.4, -0.2) is 21.0 Å². The number of hydrogen-bond donors (Lipinski definition) is 1. The average Bonchev–Trinajstić information content (AvgIpc) is 2.94. The highest BCUT2D eigenvalue weighted by Crippen LogP contribution is 2.26. The van der Waals surface area contributed by atoms with Crippen LogP contribution in [-0.2, 0) is 5.41 Å². The Morgan fingerprint density at radius 1 is 1.42 bits per heavy atom. The zero-order valence-corrected chi connectivity index (χ0v) is 11.7. The molecule has 1 N–H and O–H groups in total. The van der Waals surface area contributed by atoms with Crippen molar-refractivity contribution in [2.24, 2.45) is 0 Å². The SMILES string of the molecule is CC(C)(C)c1ocnc1/C=C/c1nc(C(=O)O)cs1. The monoisotopic (exact) mass is 278 g/mol. The van der Waals surface area contributed by atoms with Gasteiger partial charge >= 0.3 is 5.97 Å². The molecular weight excluding hydrogens is 264 g/mol. The van der Waals surface area contributed by atoms with E-state index in [1.807, 2.05) is 20.8 Å². The summed E-state index contributed by atoms with van der Waals surface area (Å²) >= 11 is 1.28. The number of carboxylic acids is 1. The number of rotatable bonds is 3. The second kappa shape index (κ2) is 4.97. The van der Waals surface area contributed by atoms with Crippen LogP contribution in [0.3, 0.4) is 0 Å². The molecule has 0 aromatic carbocycles. The van der Waals surface area contributed by atoms with E-state index in [2.05, 4.69) is 9.97 Å². The van der Waals surface area contributed by atoms with Crippen molar-refractivity contribution in [3.05, 3.63) is 33.9 Å². The van der Waals surface area contributed by atoms with Crippen LogP contribution in [0, 0.1) is 0 Å². The van der Waals surface area contributed by atoms with E-state index < -0.39 is 5.97 Å². The third kappa shape index (κ3) is 3.08. The van der Waals surface area contributed by atoms with Crippen LogP contribution in [0.5, 0.6) is 0 Å².